The van der Waals surface area contributed by atoms with Crippen molar-refractivity contribution < 1.29 is 10.2 Å². The Morgan fingerprint density at radius 1 is 1.14 bits per heavy atom. The molecule has 0 aliphatic rings. The second kappa shape index (κ2) is 6.43. The van der Waals surface area contributed by atoms with Crippen molar-refractivity contribution in [1.82, 2.24) is 10.2 Å². The molecule has 114 valence electrons. The Morgan fingerprint density at radius 3 is 2.57 bits per heavy atom. The van der Waals surface area contributed by atoms with E-state index in [-0.39, 0.29) is 5.75 Å². The molecular weight excluding hydrogens is 264 g/mol. The van der Waals surface area contributed by atoms with Crippen molar-refractivity contribution in [2.24, 2.45) is 0 Å². The van der Waals surface area contributed by atoms with E-state index in [0.717, 1.165) is 16.3 Å². The standard InChI is InChI=1S/C17H24N2O2/c1-17(21,12-19(2)3)11-18-10-15-14-7-5-4-6-13(14)8-9-16(15)20/h4-9,18,20-21H,10-12H2,1-3H3. The van der Waals surface area contributed by atoms with Crippen LogP contribution in [0.4, 0.5) is 0 Å². The summed E-state index contributed by atoms with van der Waals surface area (Å²) in [7, 11) is 3.87. The topological polar surface area (TPSA) is 55.7 Å². The van der Waals surface area contributed by atoms with Gasteiger partial charge in [0.15, 0.2) is 0 Å². The van der Waals surface area contributed by atoms with Crippen LogP contribution in [0.5, 0.6) is 5.75 Å². The number of phenolic OH excluding ortho intramolecular Hbond substituents is 1. The van der Waals surface area contributed by atoms with E-state index in [0.29, 0.717) is 19.6 Å². The van der Waals surface area contributed by atoms with Crippen molar-refractivity contribution in [2.45, 2.75) is 19.1 Å². The van der Waals surface area contributed by atoms with Gasteiger partial charge in [-0.15, -0.1) is 0 Å². The van der Waals surface area contributed by atoms with E-state index >= 15 is 0 Å². The fraction of sp³-hybridized carbons (Fsp3) is 0.412. The van der Waals surface area contributed by atoms with Crippen molar-refractivity contribution in [3.05, 3.63) is 42.0 Å². The van der Waals surface area contributed by atoms with Crippen LogP contribution >= 0.6 is 0 Å². The smallest absolute Gasteiger partial charge is 0.120 e. The van der Waals surface area contributed by atoms with Gasteiger partial charge in [-0.1, -0.05) is 30.3 Å². The second-order valence-electron chi connectivity index (χ2n) is 6.12. The number of hydrogen-bond donors (Lipinski definition) is 3. The Hall–Kier alpha value is -1.62. The summed E-state index contributed by atoms with van der Waals surface area (Å²) >= 11 is 0. The minimum atomic E-state index is -0.802. The van der Waals surface area contributed by atoms with Gasteiger partial charge < -0.3 is 20.4 Å². The molecule has 3 N–H and O–H groups in total. The highest BCUT2D eigenvalue weighted by Crippen LogP contribution is 2.26. The van der Waals surface area contributed by atoms with Crippen LogP contribution in [0.2, 0.25) is 0 Å². The van der Waals surface area contributed by atoms with Crippen LogP contribution in [-0.4, -0.2) is 47.9 Å². The number of likely N-dealkylation sites (N-methyl/N-ethyl adjacent to an activating group) is 1. The summed E-state index contributed by atoms with van der Waals surface area (Å²) in [5.41, 5.74) is 0.0673. The van der Waals surface area contributed by atoms with Gasteiger partial charge in [0.05, 0.1) is 5.60 Å². The summed E-state index contributed by atoms with van der Waals surface area (Å²) in [6.45, 7) is 3.38. The Kier molecular flexibility index (Phi) is 4.83. The van der Waals surface area contributed by atoms with Gasteiger partial charge >= 0.3 is 0 Å². The van der Waals surface area contributed by atoms with E-state index in [1.54, 1.807) is 6.07 Å². The predicted octanol–water partition coefficient (Wildman–Crippen LogP) is 1.95. The molecule has 0 spiro atoms. The van der Waals surface area contributed by atoms with E-state index < -0.39 is 5.60 Å². The highest BCUT2D eigenvalue weighted by atomic mass is 16.3. The number of phenols is 1. The lowest BCUT2D eigenvalue weighted by molar-refractivity contribution is 0.0335. The lowest BCUT2D eigenvalue weighted by atomic mass is 10.0. The molecule has 21 heavy (non-hydrogen) atoms. The van der Waals surface area contributed by atoms with Gasteiger partial charge in [-0.05, 0) is 37.9 Å². The van der Waals surface area contributed by atoms with Crippen molar-refractivity contribution in [1.29, 1.82) is 0 Å². The van der Waals surface area contributed by atoms with Crippen molar-refractivity contribution in [3.63, 3.8) is 0 Å². The third kappa shape index (κ3) is 4.17. The molecule has 0 saturated carbocycles. The van der Waals surface area contributed by atoms with Crippen molar-refractivity contribution in [3.8, 4) is 5.75 Å². The van der Waals surface area contributed by atoms with Gasteiger partial charge in [0.1, 0.15) is 5.75 Å². The molecule has 2 aromatic carbocycles. The van der Waals surface area contributed by atoms with Gasteiger partial charge in [-0.3, -0.25) is 0 Å². The molecule has 1 unspecified atom stereocenters. The van der Waals surface area contributed by atoms with Crippen LogP contribution in [-0.2, 0) is 6.54 Å². The fourth-order valence-electron chi connectivity index (χ4n) is 2.70. The Bertz CT molecular complexity index is 609. The first-order chi connectivity index (χ1) is 9.89. The van der Waals surface area contributed by atoms with Crippen LogP contribution in [0.15, 0.2) is 36.4 Å². The van der Waals surface area contributed by atoms with Gasteiger partial charge in [0.25, 0.3) is 0 Å². The first-order valence-corrected chi connectivity index (χ1v) is 7.16. The molecule has 0 saturated heterocycles. The predicted molar refractivity (Wildman–Crippen MR) is 86.5 cm³/mol. The van der Waals surface area contributed by atoms with Crippen LogP contribution in [0, 0.1) is 0 Å². The number of nitrogens with one attached hydrogen (secondary N) is 1. The molecular formula is C17H24N2O2. The molecule has 0 radical (unpaired) electrons. The number of benzene rings is 2. The maximum absolute atomic E-state index is 10.3. The number of rotatable bonds is 6. The maximum Gasteiger partial charge on any atom is 0.120 e. The Morgan fingerprint density at radius 2 is 1.86 bits per heavy atom. The van der Waals surface area contributed by atoms with Crippen LogP contribution < -0.4 is 5.32 Å². The molecule has 0 heterocycles. The summed E-state index contributed by atoms with van der Waals surface area (Å²) in [5.74, 6) is 0.286. The molecule has 0 aromatic heterocycles. The first-order valence-electron chi connectivity index (χ1n) is 7.16. The van der Waals surface area contributed by atoms with E-state index in [2.05, 4.69) is 5.32 Å². The summed E-state index contributed by atoms with van der Waals surface area (Å²) < 4.78 is 0. The SMILES string of the molecule is CN(C)CC(C)(O)CNCc1c(O)ccc2ccccc12. The third-order valence-electron chi connectivity index (χ3n) is 3.48. The average molecular weight is 288 g/mol. The number of nitrogens with zero attached hydrogens (tertiary/aromatic N) is 1. The normalized spacial score (nSPS) is 14.5. The number of fused-ring (bicyclic) bond motifs is 1. The second-order valence-corrected chi connectivity index (χ2v) is 6.12. The Balaban J connectivity index is 2.09. The largest absolute Gasteiger partial charge is 0.508 e. The monoisotopic (exact) mass is 288 g/mol. The van der Waals surface area contributed by atoms with E-state index in [4.69, 9.17) is 0 Å². The molecule has 0 amide bonds. The quantitative estimate of drug-likeness (QED) is 0.760. The third-order valence-corrected chi connectivity index (χ3v) is 3.48. The summed E-state index contributed by atoms with van der Waals surface area (Å²) in [4.78, 5) is 1.96. The lowest BCUT2D eigenvalue weighted by Gasteiger charge is -2.27. The molecule has 0 fully saturated rings. The van der Waals surface area contributed by atoms with Crippen molar-refractivity contribution >= 4 is 10.8 Å². The molecule has 0 bridgehead atoms. The molecule has 4 heteroatoms. The van der Waals surface area contributed by atoms with Crippen molar-refractivity contribution in [2.75, 3.05) is 27.2 Å². The minimum Gasteiger partial charge on any atom is -0.508 e. The molecule has 4 nitrogen and oxygen atoms in total. The molecule has 2 aromatic rings. The fourth-order valence-corrected chi connectivity index (χ4v) is 2.70. The number of aliphatic hydroxyl groups is 1. The summed E-state index contributed by atoms with van der Waals surface area (Å²) in [6.07, 6.45) is 0. The number of hydrogen-bond acceptors (Lipinski definition) is 4. The van der Waals surface area contributed by atoms with Gasteiger partial charge in [-0.25, -0.2) is 0 Å². The van der Waals surface area contributed by atoms with Gasteiger partial charge in [0, 0.05) is 25.2 Å². The lowest BCUT2D eigenvalue weighted by Crippen LogP contribution is -2.45. The molecule has 1 atom stereocenters. The zero-order chi connectivity index (χ0) is 15.5. The molecule has 0 aliphatic heterocycles. The highest BCUT2D eigenvalue weighted by molar-refractivity contribution is 5.87. The first kappa shape index (κ1) is 15.8. The van der Waals surface area contributed by atoms with E-state index in [9.17, 15) is 10.2 Å². The molecule has 2 rings (SSSR count). The van der Waals surface area contributed by atoms with Crippen LogP contribution in [0.25, 0.3) is 10.8 Å². The summed E-state index contributed by atoms with van der Waals surface area (Å²) in [6, 6.07) is 11.6. The Labute approximate surface area is 126 Å². The van der Waals surface area contributed by atoms with E-state index in [1.807, 2.05) is 56.3 Å². The minimum absolute atomic E-state index is 0.286. The maximum atomic E-state index is 10.3. The van der Waals surface area contributed by atoms with Crippen LogP contribution in [0.1, 0.15) is 12.5 Å². The van der Waals surface area contributed by atoms with Gasteiger partial charge in [-0.2, -0.15) is 0 Å². The zero-order valence-electron chi connectivity index (χ0n) is 12.9. The number of aromatic hydroxyl groups is 1. The average Bonchev–Trinajstić information content (AvgIpc) is 2.39. The van der Waals surface area contributed by atoms with E-state index in [1.165, 1.54) is 0 Å². The summed E-state index contributed by atoms with van der Waals surface area (Å²) in [5, 5.41) is 25.7. The highest BCUT2D eigenvalue weighted by Gasteiger charge is 2.20. The molecule has 0 aliphatic carbocycles. The van der Waals surface area contributed by atoms with Crippen LogP contribution in [0.3, 0.4) is 0 Å². The van der Waals surface area contributed by atoms with Gasteiger partial charge in [0.2, 0.25) is 0 Å². The zero-order valence-corrected chi connectivity index (χ0v) is 12.9.